The van der Waals surface area contributed by atoms with Gasteiger partial charge in [-0.15, -0.1) is 0 Å². The molecule has 5 heteroatoms. The van der Waals surface area contributed by atoms with Crippen molar-refractivity contribution in [2.24, 2.45) is 5.92 Å². The quantitative estimate of drug-likeness (QED) is 0.846. The fraction of sp³-hybridized carbons (Fsp3) is 0.588. The van der Waals surface area contributed by atoms with Crippen LogP contribution in [0.3, 0.4) is 0 Å². The maximum Gasteiger partial charge on any atom is 0.275 e. The van der Waals surface area contributed by atoms with Crippen molar-refractivity contribution in [3.63, 3.8) is 0 Å². The fourth-order valence-corrected chi connectivity index (χ4v) is 3.66. The second kappa shape index (κ2) is 8.19. The maximum absolute atomic E-state index is 12.1. The summed E-state index contributed by atoms with van der Waals surface area (Å²) >= 11 is 12.1. The molecule has 3 nitrogen and oxygen atoms in total. The van der Waals surface area contributed by atoms with Crippen LogP contribution in [0.15, 0.2) is 18.2 Å². The van der Waals surface area contributed by atoms with E-state index < -0.39 is 0 Å². The number of benzene rings is 1. The monoisotopic (exact) mass is 343 g/mol. The standard InChI is InChI=1S/C17H24Cl2N2O/c1-11-5-3-4-6-16(11)21-17(22)10-20-12(2)14-8-7-13(18)9-15(14)19/h7-9,11-12,16,20H,3-6,10H2,1-2H3,(H,21,22)/p+1/t11-,12+,16+/m1/s1. The van der Waals surface area contributed by atoms with E-state index in [1.165, 1.54) is 19.3 Å². The average Bonchev–Trinajstić information content (AvgIpc) is 2.47. The second-order valence-corrected chi connectivity index (χ2v) is 7.17. The lowest BCUT2D eigenvalue weighted by atomic mass is 9.86. The zero-order chi connectivity index (χ0) is 16.1. The lowest BCUT2D eigenvalue weighted by Gasteiger charge is -2.29. The number of nitrogens with one attached hydrogen (secondary N) is 1. The van der Waals surface area contributed by atoms with Gasteiger partial charge >= 0.3 is 0 Å². The number of quaternary nitrogens is 1. The Kier molecular flexibility index (Phi) is 6.54. The van der Waals surface area contributed by atoms with Crippen LogP contribution in [0.5, 0.6) is 0 Å². The Morgan fingerprint density at radius 3 is 2.77 bits per heavy atom. The first-order chi connectivity index (χ1) is 10.5. The van der Waals surface area contributed by atoms with E-state index in [0.29, 0.717) is 28.5 Å². The van der Waals surface area contributed by atoms with Gasteiger partial charge in [0.15, 0.2) is 6.54 Å². The number of halogens is 2. The summed E-state index contributed by atoms with van der Waals surface area (Å²) in [4.78, 5) is 12.1. The molecule has 1 amide bonds. The fourth-order valence-electron chi connectivity index (χ4n) is 3.08. The lowest BCUT2D eigenvalue weighted by Crippen LogP contribution is -2.87. The van der Waals surface area contributed by atoms with E-state index in [2.05, 4.69) is 12.2 Å². The first-order valence-electron chi connectivity index (χ1n) is 8.05. The van der Waals surface area contributed by atoms with E-state index >= 15 is 0 Å². The SMILES string of the molecule is C[C@H]([NH2+]CC(=O)N[C@H]1CCCC[C@H]1C)c1ccc(Cl)cc1Cl. The normalized spacial score (nSPS) is 23.1. The number of rotatable bonds is 5. The summed E-state index contributed by atoms with van der Waals surface area (Å²) in [6.07, 6.45) is 4.82. The van der Waals surface area contributed by atoms with Gasteiger partial charge in [0.05, 0.1) is 5.02 Å². The molecule has 0 spiro atoms. The molecule has 1 aromatic rings. The van der Waals surface area contributed by atoms with E-state index in [1.54, 1.807) is 6.07 Å². The molecule has 2 rings (SSSR count). The van der Waals surface area contributed by atoms with Gasteiger partial charge in [-0.1, -0.05) is 49.0 Å². The van der Waals surface area contributed by atoms with Gasteiger partial charge in [0.2, 0.25) is 0 Å². The molecule has 3 atom stereocenters. The number of carbonyl (C=O) groups is 1. The van der Waals surface area contributed by atoms with Crippen molar-refractivity contribution in [2.75, 3.05) is 6.54 Å². The smallest absolute Gasteiger partial charge is 0.275 e. The van der Waals surface area contributed by atoms with E-state index in [0.717, 1.165) is 12.0 Å². The predicted octanol–water partition coefficient (Wildman–Crippen LogP) is 3.31. The predicted molar refractivity (Wildman–Crippen MR) is 91.2 cm³/mol. The summed E-state index contributed by atoms with van der Waals surface area (Å²) in [5.41, 5.74) is 1.00. The molecule has 0 aliphatic heterocycles. The van der Waals surface area contributed by atoms with E-state index in [9.17, 15) is 4.79 Å². The number of hydrogen-bond acceptors (Lipinski definition) is 1. The molecule has 22 heavy (non-hydrogen) atoms. The van der Waals surface area contributed by atoms with Gasteiger partial charge in [-0.2, -0.15) is 0 Å². The number of nitrogens with two attached hydrogens (primary N) is 1. The highest BCUT2D eigenvalue weighted by Crippen LogP contribution is 2.25. The first-order valence-corrected chi connectivity index (χ1v) is 8.80. The van der Waals surface area contributed by atoms with Gasteiger partial charge < -0.3 is 10.6 Å². The molecule has 0 heterocycles. The zero-order valence-corrected chi connectivity index (χ0v) is 14.8. The number of hydrogen-bond donors (Lipinski definition) is 2. The highest BCUT2D eigenvalue weighted by Gasteiger charge is 2.23. The third-order valence-corrected chi connectivity index (χ3v) is 5.13. The van der Waals surface area contributed by atoms with E-state index in [4.69, 9.17) is 23.2 Å². The highest BCUT2D eigenvalue weighted by molar-refractivity contribution is 6.35. The summed E-state index contributed by atoms with van der Waals surface area (Å²) in [5, 5.41) is 6.47. The lowest BCUT2D eigenvalue weighted by molar-refractivity contribution is -0.682. The van der Waals surface area contributed by atoms with Crippen LogP contribution in [-0.2, 0) is 4.79 Å². The largest absolute Gasteiger partial charge is 0.348 e. The van der Waals surface area contributed by atoms with Crippen molar-refractivity contribution in [3.05, 3.63) is 33.8 Å². The Bertz CT molecular complexity index is 521. The summed E-state index contributed by atoms with van der Waals surface area (Å²) in [6, 6.07) is 5.96. The van der Waals surface area contributed by atoms with E-state index in [-0.39, 0.29) is 11.9 Å². The summed E-state index contributed by atoms with van der Waals surface area (Å²) in [5.74, 6) is 0.691. The van der Waals surface area contributed by atoms with Crippen LogP contribution in [0.4, 0.5) is 0 Å². The van der Waals surface area contributed by atoms with Crippen LogP contribution in [0.1, 0.15) is 51.1 Å². The molecule has 1 aliphatic rings. The van der Waals surface area contributed by atoms with Crippen LogP contribution in [-0.4, -0.2) is 18.5 Å². The Balaban J connectivity index is 1.82. The average molecular weight is 344 g/mol. The molecular weight excluding hydrogens is 319 g/mol. The van der Waals surface area contributed by atoms with Crippen LogP contribution in [0.2, 0.25) is 10.0 Å². The molecule has 1 fully saturated rings. The molecule has 1 saturated carbocycles. The van der Waals surface area contributed by atoms with Crippen molar-refractivity contribution in [1.82, 2.24) is 5.32 Å². The first kappa shape index (κ1) is 17.6. The van der Waals surface area contributed by atoms with Crippen molar-refractivity contribution in [2.45, 2.75) is 51.6 Å². The van der Waals surface area contributed by atoms with Gasteiger partial charge in [0.1, 0.15) is 6.04 Å². The van der Waals surface area contributed by atoms with Crippen molar-refractivity contribution < 1.29 is 10.1 Å². The van der Waals surface area contributed by atoms with Gasteiger partial charge in [-0.05, 0) is 37.8 Å². The molecule has 1 aliphatic carbocycles. The van der Waals surface area contributed by atoms with Gasteiger partial charge in [-0.25, -0.2) is 0 Å². The molecular formula is C17H25Cl2N2O+. The maximum atomic E-state index is 12.1. The van der Waals surface area contributed by atoms with Crippen molar-refractivity contribution in [3.8, 4) is 0 Å². The minimum atomic E-state index is 0.107. The summed E-state index contributed by atoms with van der Waals surface area (Å²) in [7, 11) is 0. The minimum absolute atomic E-state index is 0.107. The van der Waals surface area contributed by atoms with Crippen molar-refractivity contribution in [1.29, 1.82) is 0 Å². The molecule has 0 unspecified atom stereocenters. The van der Waals surface area contributed by atoms with Crippen LogP contribution in [0, 0.1) is 5.92 Å². The molecule has 0 saturated heterocycles. The Morgan fingerprint density at radius 1 is 1.36 bits per heavy atom. The number of carbonyl (C=O) groups excluding carboxylic acids is 1. The van der Waals surface area contributed by atoms with Gasteiger partial charge in [0, 0.05) is 16.6 Å². The molecule has 0 bridgehead atoms. The van der Waals surface area contributed by atoms with Gasteiger partial charge in [-0.3, -0.25) is 4.79 Å². The molecule has 122 valence electrons. The highest BCUT2D eigenvalue weighted by atomic mass is 35.5. The Labute approximate surface area is 142 Å². The number of amides is 1. The molecule has 1 aromatic carbocycles. The van der Waals surface area contributed by atoms with E-state index in [1.807, 2.05) is 24.4 Å². The third kappa shape index (κ3) is 4.87. The Hall–Kier alpha value is -0.770. The van der Waals surface area contributed by atoms with Crippen LogP contribution < -0.4 is 10.6 Å². The van der Waals surface area contributed by atoms with Crippen molar-refractivity contribution >= 4 is 29.1 Å². The molecule has 3 N–H and O–H groups in total. The minimum Gasteiger partial charge on any atom is -0.348 e. The summed E-state index contributed by atoms with van der Waals surface area (Å²) < 4.78 is 0. The second-order valence-electron chi connectivity index (χ2n) is 6.33. The molecule has 0 radical (unpaired) electrons. The topological polar surface area (TPSA) is 45.7 Å². The van der Waals surface area contributed by atoms with Crippen LogP contribution >= 0.6 is 23.2 Å². The third-order valence-electron chi connectivity index (χ3n) is 4.57. The Morgan fingerprint density at radius 2 is 2.09 bits per heavy atom. The summed E-state index contributed by atoms with van der Waals surface area (Å²) in [6.45, 7) is 4.69. The molecule has 0 aromatic heterocycles. The van der Waals surface area contributed by atoms with Gasteiger partial charge in [0.25, 0.3) is 5.91 Å². The van der Waals surface area contributed by atoms with Crippen LogP contribution in [0.25, 0.3) is 0 Å². The zero-order valence-electron chi connectivity index (χ0n) is 13.2.